The Morgan fingerprint density at radius 3 is 1.64 bits per heavy atom. The van der Waals surface area contributed by atoms with E-state index in [9.17, 15) is 9.59 Å². The molecule has 22 heavy (non-hydrogen) atoms. The second kappa shape index (κ2) is 6.90. The maximum Gasteiger partial charge on any atom is 0.323 e. The summed E-state index contributed by atoms with van der Waals surface area (Å²) < 4.78 is 0. The van der Waals surface area contributed by atoms with Crippen molar-refractivity contribution >= 4 is 29.0 Å². The number of anilines is 3. The van der Waals surface area contributed by atoms with Crippen molar-refractivity contribution in [2.45, 2.75) is 6.92 Å². The molecule has 0 fully saturated rings. The van der Waals surface area contributed by atoms with Crippen molar-refractivity contribution in [1.29, 1.82) is 5.26 Å². The quantitative estimate of drug-likeness (QED) is 0.811. The first kappa shape index (κ1) is 15.1. The minimum Gasteiger partial charge on any atom is -0.326 e. The van der Waals surface area contributed by atoms with Gasteiger partial charge in [-0.05, 0) is 48.5 Å². The number of urea groups is 1. The normalized spacial score (nSPS) is 9.45. The Labute approximate surface area is 127 Å². The van der Waals surface area contributed by atoms with Crippen LogP contribution < -0.4 is 16.0 Å². The summed E-state index contributed by atoms with van der Waals surface area (Å²) in [6.07, 6.45) is 0. The highest BCUT2D eigenvalue weighted by molar-refractivity contribution is 6.00. The van der Waals surface area contributed by atoms with Crippen LogP contribution in [0.2, 0.25) is 0 Å². The van der Waals surface area contributed by atoms with Crippen LogP contribution >= 0.6 is 0 Å². The molecule has 0 saturated carbocycles. The van der Waals surface area contributed by atoms with E-state index in [0.29, 0.717) is 22.6 Å². The minimum atomic E-state index is -0.392. The first-order valence-electron chi connectivity index (χ1n) is 6.52. The lowest BCUT2D eigenvalue weighted by atomic mass is 10.2. The highest BCUT2D eigenvalue weighted by Gasteiger charge is 2.03. The average Bonchev–Trinajstić information content (AvgIpc) is 2.49. The van der Waals surface area contributed by atoms with Crippen LogP contribution in [0.1, 0.15) is 12.5 Å². The van der Waals surface area contributed by atoms with E-state index in [2.05, 4.69) is 16.0 Å². The Morgan fingerprint density at radius 2 is 1.23 bits per heavy atom. The molecule has 0 atom stereocenters. The van der Waals surface area contributed by atoms with E-state index < -0.39 is 6.03 Å². The molecule has 6 heteroatoms. The molecular formula is C16H14N4O2. The number of hydrogen-bond acceptors (Lipinski definition) is 3. The molecule has 0 heterocycles. The van der Waals surface area contributed by atoms with Crippen molar-refractivity contribution in [3.8, 4) is 6.07 Å². The second-order valence-corrected chi connectivity index (χ2v) is 4.53. The predicted molar refractivity (Wildman–Crippen MR) is 84.5 cm³/mol. The SMILES string of the molecule is CC(=O)Nc1ccc(NC(=O)Nc2ccc(C#N)cc2)cc1. The molecule has 3 amide bonds. The molecule has 2 aromatic rings. The fraction of sp³-hybridized carbons (Fsp3) is 0.0625. The van der Waals surface area contributed by atoms with E-state index in [0.717, 1.165) is 0 Å². The smallest absolute Gasteiger partial charge is 0.323 e. The standard InChI is InChI=1S/C16H14N4O2/c1-11(21)18-13-6-8-15(9-7-13)20-16(22)19-14-4-2-12(10-17)3-5-14/h2-9H,1H3,(H,18,21)(H2,19,20,22). The molecule has 0 aliphatic carbocycles. The average molecular weight is 294 g/mol. The van der Waals surface area contributed by atoms with Crippen LogP contribution in [0.3, 0.4) is 0 Å². The van der Waals surface area contributed by atoms with Crippen LogP contribution in [-0.4, -0.2) is 11.9 Å². The molecule has 110 valence electrons. The Kier molecular flexibility index (Phi) is 4.73. The van der Waals surface area contributed by atoms with Gasteiger partial charge in [0.25, 0.3) is 0 Å². The fourth-order valence-corrected chi connectivity index (χ4v) is 1.76. The van der Waals surface area contributed by atoms with Gasteiger partial charge in [-0.1, -0.05) is 0 Å². The lowest BCUT2D eigenvalue weighted by Crippen LogP contribution is -2.19. The molecule has 2 aromatic carbocycles. The molecule has 2 rings (SSSR count). The molecule has 6 nitrogen and oxygen atoms in total. The lowest BCUT2D eigenvalue weighted by molar-refractivity contribution is -0.114. The summed E-state index contributed by atoms with van der Waals surface area (Å²) in [5.74, 6) is -0.153. The molecule has 0 bridgehead atoms. The van der Waals surface area contributed by atoms with Crippen LogP contribution in [0.4, 0.5) is 21.9 Å². The topological polar surface area (TPSA) is 94.0 Å². The van der Waals surface area contributed by atoms with E-state index in [-0.39, 0.29) is 5.91 Å². The van der Waals surface area contributed by atoms with Crippen LogP contribution in [0.5, 0.6) is 0 Å². The number of hydrogen-bond donors (Lipinski definition) is 3. The van der Waals surface area contributed by atoms with Crippen molar-refractivity contribution in [3.63, 3.8) is 0 Å². The van der Waals surface area contributed by atoms with Crippen molar-refractivity contribution in [1.82, 2.24) is 0 Å². The van der Waals surface area contributed by atoms with Gasteiger partial charge in [-0.25, -0.2) is 4.79 Å². The van der Waals surface area contributed by atoms with Crippen molar-refractivity contribution in [3.05, 3.63) is 54.1 Å². The Bertz CT molecular complexity index is 715. The van der Waals surface area contributed by atoms with Gasteiger partial charge in [0.2, 0.25) is 5.91 Å². The first-order chi connectivity index (χ1) is 10.6. The summed E-state index contributed by atoms with van der Waals surface area (Å²) in [6.45, 7) is 1.43. The second-order valence-electron chi connectivity index (χ2n) is 4.53. The molecular weight excluding hydrogens is 280 g/mol. The predicted octanol–water partition coefficient (Wildman–Crippen LogP) is 3.16. The van der Waals surface area contributed by atoms with Gasteiger partial charge < -0.3 is 16.0 Å². The van der Waals surface area contributed by atoms with Crippen molar-refractivity contribution < 1.29 is 9.59 Å². The van der Waals surface area contributed by atoms with Crippen LogP contribution in [0.15, 0.2) is 48.5 Å². The zero-order chi connectivity index (χ0) is 15.9. The first-order valence-corrected chi connectivity index (χ1v) is 6.52. The molecule has 0 unspecified atom stereocenters. The third kappa shape index (κ3) is 4.35. The van der Waals surface area contributed by atoms with Gasteiger partial charge >= 0.3 is 6.03 Å². The van der Waals surface area contributed by atoms with E-state index in [1.54, 1.807) is 48.5 Å². The summed E-state index contributed by atoms with van der Waals surface area (Å²) in [5, 5.41) is 16.7. The summed E-state index contributed by atoms with van der Waals surface area (Å²) in [7, 11) is 0. The van der Waals surface area contributed by atoms with Gasteiger partial charge in [-0.3, -0.25) is 4.79 Å². The lowest BCUT2D eigenvalue weighted by Gasteiger charge is -2.08. The molecule has 0 saturated heterocycles. The Hall–Kier alpha value is -3.33. The zero-order valence-electron chi connectivity index (χ0n) is 11.9. The fourth-order valence-electron chi connectivity index (χ4n) is 1.76. The van der Waals surface area contributed by atoms with Crippen LogP contribution in [0.25, 0.3) is 0 Å². The van der Waals surface area contributed by atoms with Gasteiger partial charge in [-0.2, -0.15) is 5.26 Å². The number of nitrogens with one attached hydrogen (secondary N) is 3. The number of nitrogens with zero attached hydrogens (tertiary/aromatic N) is 1. The summed E-state index contributed by atoms with van der Waals surface area (Å²) in [6, 6.07) is 14.9. The van der Waals surface area contributed by atoms with Crippen LogP contribution in [-0.2, 0) is 4.79 Å². The monoisotopic (exact) mass is 294 g/mol. The number of carbonyl (C=O) groups excluding carboxylic acids is 2. The Balaban J connectivity index is 1.93. The van der Waals surface area contributed by atoms with Crippen molar-refractivity contribution in [2.24, 2.45) is 0 Å². The highest BCUT2D eigenvalue weighted by atomic mass is 16.2. The van der Waals surface area contributed by atoms with Gasteiger partial charge in [-0.15, -0.1) is 0 Å². The summed E-state index contributed by atoms with van der Waals surface area (Å²) in [5.41, 5.74) is 2.37. The molecule has 0 radical (unpaired) electrons. The Morgan fingerprint density at radius 1 is 0.818 bits per heavy atom. The van der Waals surface area contributed by atoms with Crippen molar-refractivity contribution in [2.75, 3.05) is 16.0 Å². The van der Waals surface area contributed by atoms with E-state index in [4.69, 9.17) is 5.26 Å². The molecule has 3 N–H and O–H groups in total. The van der Waals surface area contributed by atoms with Gasteiger partial charge in [0.15, 0.2) is 0 Å². The third-order valence-electron chi connectivity index (χ3n) is 2.74. The van der Waals surface area contributed by atoms with E-state index in [1.807, 2.05) is 6.07 Å². The van der Waals surface area contributed by atoms with Gasteiger partial charge in [0.1, 0.15) is 0 Å². The third-order valence-corrected chi connectivity index (χ3v) is 2.74. The van der Waals surface area contributed by atoms with E-state index >= 15 is 0 Å². The molecule has 0 aliphatic heterocycles. The zero-order valence-corrected chi connectivity index (χ0v) is 11.9. The maximum atomic E-state index is 11.8. The maximum absolute atomic E-state index is 11.8. The summed E-state index contributed by atoms with van der Waals surface area (Å²) >= 11 is 0. The number of carbonyl (C=O) groups is 2. The van der Waals surface area contributed by atoms with E-state index in [1.165, 1.54) is 6.92 Å². The largest absolute Gasteiger partial charge is 0.326 e. The molecule has 0 aromatic heterocycles. The number of nitriles is 1. The molecule has 0 spiro atoms. The summed E-state index contributed by atoms with van der Waals surface area (Å²) in [4.78, 5) is 22.8. The highest BCUT2D eigenvalue weighted by Crippen LogP contribution is 2.14. The van der Waals surface area contributed by atoms with Gasteiger partial charge in [0.05, 0.1) is 11.6 Å². The minimum absolute atomic E-state index is 0.153. The van der Waals surface area contributed by atoms with Gasteiger partial charge in [0, 0.05) is 24.0 Å². The molecule has 0 aliphatic rings. The van der Waals surface area contributed by atoms with Crippen LogP contribution in [0, 0.1) is 11.3 Å². The number of rotatable bonds is 3. The number of amides is 3. The number of benzene rings is 2.